The van der Waals surface area contributed by atoms with E-state index in [1.807, 2.05) is 12.1 Å². The van der Waals surface area contributed by atoms with Gasteiger partial charge >= 0.3 is 0 Å². The lowest BCUT2D eigenvalue weighted by Crippen LogP contribution is -2.19. The molecule has 2 N–H and O–H groups in total. The van der Waals surface area contributed by atoms with Crippen LogP contribution in [0.1, 0.15) is 5.56 Å². The second-order valence-electron chi connectivity index (χ2n) is 4.99. The molecular weight excluding hydrogens is 308 g/mol. The standard InChI is InChI=1S/C16H14N6O2/c17-15-9-16(20-11-19-15)21(10-12-5-7-18-8-6-12)13-3-1-2-4-14(13)22(23)24/h1-9,11H,10H2,(H2,17,19,20). The minimum Gasteiger partial charge on any atom is -0.384 e. The van der Waals surface area contributed by atoms with Crippen molar-refractivity contribution in [3.05, 3.63) is 76.9 Å². The summed E-state index contributed by atoms with van der Waals surface area (Å²) in [7, 11) is 0. The smallest absolute Gasteiger partial charge is 0.292 e. The molecule has 3 rings (SSSR count). The molecule has 24 heavy (non-hydrogen) atoms. The summed E-state index contributed by atoms with van der Waals surface area (Å²) in [6.45, 7) is 0.379. The molecule has 8 heteroatoms. The minimum absolute atomic E-state index is 0.0104. The number of para-hydroxylation sites is 2. The van der Waals surface area contributed by atoms with Gasteiger partial charge in [-0.05, 0) is 23.8 Å². The quantitative estimate of drug-likeness (QED) is 0.567. The molecule has 0 aliphatic heterocycles. The van der Waals surface area contributed by atoms with E-state index in [9.17, 15) is 10.1 Å². The summed E-state index contributed by atoms with van der Waals surface area (Å²) in [6.07, 6.45) is 4.67. The third-order valence-electron chi connectivity index (χ3n) is 3.41. The van der Waals surface area contributed by atoms with Gasteiger partial charge < -0.3 is 10.6 Å². The van der Waals surface area contributed by atoms with E-state index in [0.29, 0.717) is 23.9 Å². The van der Waals surface area contributed by atoms with E-state index in [-0.39, 0.29) is 5.69 Å². The summed E-state index contributed by atoms with van der Waals surface area (Å²) in [5.41, 5.74) is 7.09. The van der Waals surface area contributed by atoms with Crippen LogP contribution in [0.2, 0.25) is 0 Å². The molecule has 0 aliphatic rings. The van der Waals surface area contributed by atoms with E-state index in [4.69, 9.17) is 5.73 Å². The van der Waals surface area contributed by atoms with Crippen molar-refractivity contribution >= 4 is 23.0 Å². The van der Waals surface area contributed by atoms with Crippen molar-refractivity contribution in [1.29, 1.82) is 0 Å². The Morgan fingerprint density at radius 3 is 2.58 bits per heavy atom. The van der Waals surface area contributed by atoms with Crippen molar-refractivity contribution in [2.45, 2.75) is 6.54 Å². The normalized spacial score (nSPS) is 10.3. The summed E-state index contributed by atoms with van der Waals surface area (Å²) >= 11 is 0. The number of nitro groups is 1. The number of benzene rings is 1. The predicted molar refractivity (Wildman–Crippen MR) is 89.6 cm³/mol. The first kappa shape index (κ1) is 15.3. The number of nitrogens with zero attached hydrogens (tertiary/aromatic N) is 5. The minimum atomic E-state index is -0.417. The van der Waals surface area contributed by atoms with Crippen molar-refractivity contribution < 1.29 is 4.92 Å². The topological polar surface area (TPSA) is 111 Å². The molecule has 0 amide bonds. The van der Waals surface area contributed by atoms with Crippen molar-refractivity contribution in [2.75, 3.05) is 10.6 Å². The van der Waals surface area contributed by atoms with Crippen LogP contribution < -0.4 is 10.6 Å². The first-order valence-electron chi connectivity index (χ1n) is 7.12. The molecule has 2 heterocycles. The van der Waals surface area contributed by atoms with Gasteiger partial charge in [-0.25, -0.2) is 9.97 Å². The Morgan fingerprint density at radius 1 is 1.12 bits per heavy atom. The molecule has 0 spiro atoms. The Hall–Kier alpha value is -3.55. The van der Waals surface area contributed by atoms with Crippen LogP contribution in [0.3, 0.4) is 0 Å². The zero-order valence-electron chi connectivity index (χ0n) is 12.6. The molecule has 0 atom stereocenters. The van der Waals surface area contributed by atoms with Gasteiger partial charge in [0.05, 0.1) is 4.92 Å². The molecule has 8 nitrogen and oxygen atoms in total. The second kappa shape index (κ2) is 6.69. The number of nitrogen functional groups attached to an aromatic ring is 1. The summed E-state index contributed by atoms with van der Waals surface area (Å²) in [4.78, 5) is 24.8. The molecule has 0 bridgehead atoms. The molecule has 0 unspecified atom stereocenters. The van der Waals surface area contributed by atoms with Gasteiger partial charge in [0.2, 0.25) is 0 Å². The lowest BCUT2D eigenvalue weighted by molar-refractivity contribution is -0.384. The summed E-state index contributed by atoms with van der Waals surface area (Å²) < 4.78 is 0. The number of hydrogen-bond acceptors (Lipinski definition) is 7. The average Bonchev–Trinajstić information content (AvgIpc) is 2.60. The highest BCUT2D eigenvalue weighted by Gasteiger charge is 2.21. The maximum Gasteiger partial charge on any atom is 0.292 e. The van der Waals surface area contributed by atoms with E-state index in [1.165, 1.54) is 12.4 Å². The summed E-state index contributed by atoms with van der Waals surface area (Å²) in [6, 6.07) is 11.8. The molecule has 0 aliphatic carbocycles. The maximum absolute atomic E-state index is 11.4. The van der Waals surface area contributed by atoms with Crippen molar-refractivity contribution in [1.82, 2.24) is 15.0 Å². The fraction of sp³-hybridized carbons (Fsp3) is 0.0625. The van der Waals surface area contributed by atoms with Gasteiger partial charge in [0.15, 0.2) is 0 Å². The molecule has 0 saturated carbocycles. The predicted octanol–water partition coefficient (Wildman–Crippen LogP) is 2.70. The molecule has 1 aromatic carbocycles. The number of anilines is 3. The Morgan fingerprint density at radius 2 is 1.88 bits per heavy atom. The van der Waals surface area contributed by atoms with Crippen LogP contribution in [-0.2, 0) is 6.54 Å². The largest absolute Gasteiger partial charge is 0.384 e. The fourth-order valence-electron chi connectivity index (χ4n) is 2.32. The Bertz CT molecular complexity index is 856. The van der Waals surface area contributed by atoms with Crippen molar-refractivity contribution in [3.63, 3.8) is 0 Å². The summed E-state index contributed by atoms with van der Waals surface area (Å²) in [5, 5.41) is 11.4. The molecule has 0 fully saturated rings. The highest BCUT2D eigenvalue weighted by molar-refractivity contribution is 5.71. The Labute approximate surface area is 137 Å². The fourth-order valence-corrected chi connectivity index (χ4v) is 2.32. The van der Waals surface area contributed by atoms with Crippen LogP contribution in [0.5, 0.6) is 0 Å². The van der Waals surface area contributed by atoms with Gasteiger partial charge in [-0.1, -0.05) is 12.1 Å². The molecule has 0 radical (unpaired) electrons. The van der Waals surface area contributed by atoms with Gasteiger partial charge in [0.1, 0.15) is 23.7 Å². The second-order valence-corrected chi connectivity index (χ2v) is 4.99. The zero-order chi connectivity index (χ0) is 16.9. The third kappa shape index (κ3) is 3.27. The first-order chi connectivity index (χ1) is 11.6. The molecular formula is C16H14N6O2. The Balaban J connectivity index is 2.10. The Kier molecular flexibility index (Phi) is 4.28. The molecule has 2 aromatic heterocycles. The number of nitro benzene ring substituents is 1. The zero-order valence-corrected chi connectivity index (χ0v) is 12.6. The molecule has 3 aromatic rings. The van der Waals surface area contributed by atoms with E-state index in [1.54, 1.807) is 41.6 Å². The van der Waals surface area contributed by atoms with Crippen LogP contribution in [0.15, 0.2) is 61.2 Å². The molecule has 0 saturated heterocycles. The number of pyridine rings is 1. The monoisotopic (exact) mass is 322 g/mol. The first-order valence-corrected chi connectivity index (χ1v) is 7.12. The molecule has 120 valence electrons. The van der Waals surface area contributed by atoms with Crippen LogP contribution in [0.4, 0.5) is 23.0 Å². The van der Waals surface area contributed by atoms with E-state index < -0.39 is 4.92 Å². The maximum atomic E-state index is 11.4. The highest BCUT2D eigenvalue weighted by atomic mass is 16.6. The van der Waals surface area contributed by atoms with E-state index in [2.05, 4.69) is 15.0 Å². The van der Waals surface area contributed by atoms with Gasteiger partial charge in [-0.15, -0.1) is 0 Å². The SMILES string of the molecule is Nc1cc(N(Cc2ccncc2)c2ccccc2[N+](=O)[O-])ncn1. The van der Waals surface area contributed by atoms with Gasteiger partial charge in [-0.2, -0.15) is 0 Å². The van der Waals surface area contributed by atoms with Gasteiger partial charge in [0, 0.05) is 31.1 Å². The van der Waals surface area contributed by atoms with Crippen LogP contribution in [0.25, 0.3) is 0 Å². The van der Waals surface area contributed by atoms with Crippen LogP contribution in [0, 0.1) is 10.1 Å². The van der Waals surface area contributed by atoms with Gasteiger partial charge in [0.25, 0.3) is 5.69 Å². The lowest BCUT2D eigenvalue weighted by atomic mass is 10.2. The van der Waals surface area contributed by atoms with Crippen LogP contribution in [-0.4, -0.2) is 19.9 Å². The van der Waals surface area contributed by atoms with Crippen molar-refractivity contribution in [2.24, 2.45) is 0 Å². The highest BCUT2D eigenvalue weighted by Crippen LogP contribution is 2.34. The van der Waals surface area contributed by atoms with Crippen molar-refractivity contribution in [3.8, 4) is 0 Å². The van der Waals surface area contributed by atoms with Crippen LogP contribution >= 0.6 is 0 Å². The number of rotatable bonds is 5. The number of aromatic nitrogens is 3. The third-order valence-corrected chi connectivity index (χ3v) is 3.41. The lowest BCUT2D eigenvalue weighted by Gasteiger charge is -2.23. The number of nitrogens with two attached hydrogens (primary N) is 1. The summed E-state index contributed by atoms with van der Waals surface area (Å²) in [5.74, 6) is 0.770. The average molecular weight is 322 g/mol. The van der Waals surface area contributed by atoms with E-state index >= 15 is 0 Å². The van der Waals surface area contributed by atoms with E-state index in [0.717, 1.165) is 5.56 Å². The number of hydrogen-bond donors (Lipinski definition) is 1. The van der Waals surface area contributed by atoms with Gasteiger partial charge in [-0.3, -0.25) is 15.1 Å².